The number of para-hydroxylation sites is 4. The van der Waals surface area contributed by atoms with Gasteiger partial charge in [-0.1, -0.05) is 24.3 Å². The first-order valence-electron chi connectivity index (χ1n) is 12.1. The van der Waals surface area contributed by atoms with Crippen LogP contribution in [0.15, 0.2) is 53.3 Å². The molecule has 2 aromatic carbocycles. The molecule has 37 heavy (non-hydrogen) atoms. The molecule has 0 amide bonds. The number of hydrogen-bond acceptors (Lipinski definition) is 7. The van der Waals surface area contributed by atoms with Gasteiger partial charge in [-0.15, -0.1) is 0 Å². The van der Waals surface area contributed by atoms with Crippen molar-refractivity contribution in [1.29, 1.82) is 0 Å². The molecule has 200 valence electrons. The van der Waals surface area contributed by atoms with Crippen LogP contribution in [0.5, 0.6) is 0 Å². The summed E-state index contributed by atoms with van der Waals surface area (Å²) in [5.41, 5.74) is 2.59. The van der Waals surface area contributed by atoms with Crippen LogP contribution in [0.25, 0.3) is 22.1 Å². The first kappa shape index (κ1) is 27.3. The van der Waals surface area contributed by atoms with Gasteiger partial charge >= 0.3 is 13.3 Å². The molecule has 0 aliphatic carbocycles. The van der Waals surface area contributed by atoms with E-state index in [0.717, 1.165) is 11.0 Å². The molecule has 4 aromatic rings. The van der Waals surface area contributed by atoms with E-state index in [2.05, 4.69) is 0 Å². The Morgan fingerprint density at radius 2 is 1.49 bits per heavy atom. The van der Waals surface area contributed by atoms with Crippen molar-refractivity contribution < 1.29 is 26.6 Å². The van der Waals surface area contributed by atoms with Crippen LogP contribution in [0.2, 0.25) is 0 Å². The SMILES string of the molecule is CCOP(=O)(CCn1c(Cn2c(=O)n(CCCS(=O)(=O)O)c3ccccc32)nc2ccccc21)OCC. The van der Waals surface area contributed by atoms with Crippen LogP contribution >= 0.6 is 7.60 Å². The molecule has 1 N–H and O–H groups in total. The summed E-state index contributed by atoms with van der Waals surface area (Å²) >= 11 is 0. The summed E-state index contributed by atoms with van der Waals surface area (Å²) in [6.07, 6.45) is 0.240. The van der Waals surface area contributed by atoms with Gasteiger partial charge in [0.15, 0.2) is 0 Å². The molecule has 11 nitrogen and oxygen atoms in total. The van der Waals surface area contributed by atoms with Crippen molar-refractivity contribution in [1.82, 2.24) is 18.7 Å². The van der Waals surface area contributed by atoms with Gasteiger partial charge in [-0.25, -0.2) is 9.78 Å². The number of aryl methyl sites for hydroxylation is 2. The van der Waals surface area contributed by atoms with E-state index >= 15 is 0 Å². The molecule has 4 rings (SSSR count). The van der Waals surface area contributed by atoms with Crippen molar-refractivity contribution in [2.75, 3.05) is 25.1 Å². The third-order valence-corrected chi connectivity index (χ3v) is 8.85. The van der Waals surface area contributed by atoms with Crippen molar-refractivity contribution in [3.63, 3.8) is 0 Å². The summed E-state index contributed by atoms with van der Waals surface area (Å²) in [6, 6.07) is 14.8. The number of aromatic nitrogens is 4. The van der Waals surface area contributed by atoms with Crippen molar-refractivity contribution in [2.24, 2.45) is 0 Å². The van der Waals surface area contributed by atoms with Crippen LogP contribution in [-0.2, 0) is 43.4 Å². The lowest BCUT2D eigenvalue weighted by Crippen LogP contribution is -2.26. The molecule has 0 fully saturated rings. The minimum absolute atomic E-state index is 0.0927. The second-order valence-electron chi connectivity index (χ2n) is 8.49. The number of nitrogens with zero attached hydrogens (tertiary/aromatic N) is 4. The third-order valence-electron chi connectivity index (χ3n) is 5.99. The van der Waals surface area contributed by atoms with Crippen LogP contribution < -0.4 is 5.69 Å². The predicted molar refractivity (Wildman–Crippen MR) is 142 cm³/mol. The van der Waals surface area contributed by atoms with E-state index in [9.17, 15) is 17.8 Å². The van der Waals surface area contributed by atoms with E-state index in [1.165, 1.54) is 4.57 Å². The molecule has 0 unspecified atom stereocenters. The molecule has 2 heterocycles. The Morgan fingerprint density at radius 1 is 0.892 bits per heavy atom. The van der Waals surface area contributed by atoms with Gasteiger partial charge in [0.2, 0.25) is 0 Å². The molecule has 0 bridgehead atoms. The fourth-order valence-corrected chi connectivity index (χ4v) is 6.52. The topological polar surface area (TPSA) is 135 Å². The number of rotatable bonds is 13. The summed E-state index contributed by atoms with van der Waals surface area (Å²) in [7, 11) is -7.43. The monoisotopic (exact) mass is 550 g/mol. The Balaban J connectivity index is 1.72. The Hall–Kier alpha value is -2.76. The average Bonchev–Trinajstić information content (AvgIpc) is 3.33. The highest BCUT2D eigenvalue weighted by Gasteiger charge is 2.25. The van der Waals surface area contributed by atoms with Gasteiger partial charge in [-0.3, -0.25) is 18.3 Å². The lowest BCUT2D eigenvalue weighted by atomic mass is 10.3. The van der Waals surface area contributed by atoms with Crippen LogP contribution in [0.1, 0.15) is 26.1 Å². The summed E-state index contributed by atoms with van der Waals surface area (Å²) in [6.45, 7) is 4.66. The molecule has 2 aromatic heterocycles. The van der Waals surface area contributed by atoms with Gasteiger partial charge in [-0.2, -0.15) is 8.42 Å². The molecule has 0 radical (unpaired) electrons. The second-order valence-corrected chi connectivity index (χ2v) is 12.2. The standard InChI is InChI=1S/C24H31N4O7PS/c1-3-34-36(30,35-4-2)16-15-26-20-11-6-5-10-19(20)25-23(26)18-28-22-13-8-7-12-21(22)27(24(28)29)14-9-17-37(31,32)33/h5-8,10-13H,3-4,9,14-18H2,1-2H3,(H,31,32,33). The minimum atomic E-state index is -4.13. The minimum Gasteiger partial charge on any atom is -0.326 e. The third kappa shape index (κ3) is 6.22. The molecule has 0 aliphatic heterocycles. The number of benzene rings is 2. The van der Waals surface area contributed by atoms with Gasteiger partial charge in [0.25, 0.3) is 10.1 Å². The molecular weight excluding hydrogens is 519 g/mol. The maximum absolute atomic E-state index is 13.5. The summed E-state index contributed by atoms with van der Waals surface area (Å²) in [5.74, 6) is 0.165. The predicted octanol–water partition coefficient (Wildman–Crippen LogP) is 3.75. The van der Waals surface area contributed by atoms with Gasteiger partial charge in [-0.05, 0) is 44.5 Å². The van der Waals surface area contributed by atoms with E-state index in [1.807, 2.05) is 41.0 Å². The van der Waals surface area contributed by atoms with Crippen LogP contribution in [-0.4, -0.2) is 56.8 Å². The molecule has 0 atom stereocenters. The smallest absolute Gasteiger partial charge is 0.326 e. The van der Waals surface area contributed by atoms with E-state index in [-0.39, 0.29) is 44.6 Å². The normalized spacial score (nSPS) is 12.6. The highest BCUT2D eigenvalue weighted by Crippen LogP contribution is 2.48. The quantitative estimate of drug-likeness (QED) is 0.197. The highest BCUT2D eigenvalue weighted by molar-refractivity contribution is 7.85. The molecule has 0 saturated heterocycles. The van der Waals surface area contributed by atoms with Crippen LogP contribution in [0.3, 0.4) is 0 Å². The Kier molecular flexibility index (Phi) is 8.35. The van der Waals surface area contributed by atoms with Crippen molar-refractivity contribution in [3.8, 4) is 0 Å². The Bertz CT molecular complexity index is 1600. The van der Waals surface area contributed by atoms with E-state index in [4.69, 9.17) is 18.6 Å². The Labute approximate surface area is 214 Å². The summed E-state index contributed by atoms with van der Waals surface area (Å²) < 4.78 is 60.5. The first-order valence-corrected chi connectivity index (χ1v) is 15.4. The number of hydrogen-bond donors (Lipinski definition) is 1. The number of imidazole rings is 2. The summed E-state index contributed by atoms with van der Waals surface area (Å²) in [5, 5.41) is 0. The zero-order valence-electron chi connectivity index (χ0n) is 20.8. The maximum Gasteiger partial charge on any atom is 0.332 e. The van der Waals surface area contributed by atoms with Gasteiger partial charge in [0.05, 0.1) is 53.7 Å². The van der Waals surface area contributed by atoms with Gasteiger partial charge < -0.3 is 13.6 Å². The van der Waals surface area contributed by atoms with Gasteiger partial charge in [0, 0.05) is 13.1 Å². The fraction of sp³-hybridized carbons (Fsp3) is 0.417. The largest absolute Gasteiger partial charge is 0.332 e. The molecule has 0 spiro atoms. The summed E-state index contributed by atoms with van der Waals surface area (Å²) in [4.78, 5) is 18.2. The van der Waals surface area contributed by atoms with Crippen molar-refractivity contribution in [2.45, 2.75) is 39.9 Å². The Morgan fingerprint density at radius 3 is 2.11 bits per heavy atom. The molecular formula is C24H31N4O7PS. The zero-order valence-corrected chi connectivity index (χ0v) is 22.5. The molecule has 0 saturated carbocycles. The van der Waals surface area contributed by atoms with Crippen LogP contribution in [0.4, 0.5) is 0 Å². The van der Waals surface area contributed by atoms with E-state index in [0.29, 0.717) is 23.4 Å². The lowest BCUT2D eigenvalue weighted by Gasteiger charge is -2.18. The fourth-order valence-electron chi connectivity index (χ4n) is 4.47. The zero-order chi connectivity index (χ0) is 26.6. The van der Waals surface area contributed by atoms with Crippen LogP contribution in [0, 0.1) is 0 Å². The van der Waals surface area contributed by atoms with Gasteiger partial charge in [0.1, 0.15) is 5.82 Å². The highest BCUT2D eigenvalue weighted by atomic mass is 32.2. The average molecular weight is 551 g/mol. The molecule has 13 heteroatoms. The lowest BCUT2D eigenvalue weighted by molar-refractivity contribution is 0.219. The van der Waals surface area contributed by atoms with Crippen molar-refractivity contribution >= 4 is 39.8 Å². The van der Waals surface area contributed by atoms with E-state index in [1.54, 1.807) is 30.5 Å². The second kappa shape index (κ2) is 11.3. The first-order chi connectivity index (χ1) is 17.7. The number of fused-ring (bicyclic) bond motifs is 2. The van der Waals surface area contributed by atoms with Crippen molar-refractivity contribution in [3.05, 3.63) is 64.8 Å². The molecule has 0 aliphatic rings. The maximum atomic E-state index is 13.5. The van der Waals surface area contributed by atoms with E-state index < -0.39 is 23.5 Å².